The summed E-state index contributed by atoms with van der Waals surface area (Å²) in [6.07, 6.45) is 2.81. The van der Waals surface area contributed by atoms with Crippen molar-refractivity contribution in [1.82, 2.24) is 4.98 Å². The average molecular weight is 300 g/mol. The first-order valence-electron chi connectivity index (χ1n) is 7.08. The second-order valence-corrected chi connectivity index (χ2v) is 5.48. The third kappa shape index (κ3) is 4.02. The van der Waals surface area contributed by atoms with Gasteiger partial charge < -0.3 is 10.5 Å². The van der Waals surface area contributed by atoms with Gasteiger partial charge in [-0.1, -0.05) is 44.3 Å². The molecule has 0 aliphatic heterocycles. The third-order valence-corrected chi connectivity index (χ3v) is 3.77. The van der Waals surface area contributed by atoms with E-state index in [0.717, 1.165) is 17.7 Å². The predicted octanol–water partition coefficient (Wildman–Crippen LogP) is 3.81. The van der Waals surface area contributed by atoms with E-state index in [4.69, 9.17) is 22.7 Å². The van der Waals surface area contributed by atoms with Crippen molar-refractivity contribution in [3.63, 3.8) is 0 Å². The van der Waals surface area contributed by atoms with E-state index >= 15 is 0 Å². The van der Waals surface area contributed by atoms with E-state index < -0.39 is 0 Å². The molecule has 1 heterocycles. The molecule has 1 atom stereocenters. The standard InChI is InChI=1S/C17H20N2OS/c1-3-12(2)13-6-8-15(9-7-13)20-11-14-5-4-10-19-16(14)17(18)21/h4-10,12H,3,11H2,1-2H3,(H2,18,21). The fraction of sp³-hybridized carbons (Fsp3) is 0.294. The lowest BCUT2D eigenvalue weighted by Gasteiger charge is -2.12. The lowest BCUT2D eigenvalue weighted by Crippen LogP contribution is -2.15. The van der Waals surface area contributed by atoms with Gasteiger partial charge in [-0.2, -0.15) is 0 Å². The van der Waals surface area contributed by atoms with Gasteiger partial charge >= 0.3 is 0 Å². The number of thiocarbonyl (C=S) groups is 1. The summed E-state index contributed by atoms with van der Waals surface area (Å²) in [6, 6.07) is 12.0. The van der Waals surface area contributed by atoms with Crippen molar-refractivity contribution in [2.75, 3.05) is 0 Å². The maximum atomic E-state index is 5.80. The molecule has 21 heavy (non-hydrogen) atoms. The van der Waals surface area contributed by atoms with Crippen LogP contribution in [0, 0.1) is 0 Å². The van der Waals surface area contributed by atoms with Crippen LogP contribution in [0.1, 0.15) is 43.0 Å². The molecule has 0 aliphatic carbocycles. The molecule has 0 bridgehead atoms. The molecule has 0 fully saturated rings. The Hall–Kier alpha value is -1.94. The molecule has 2 rings (SSSR count). The zero-order valence-corrected chi connectivity index (χ0v) is 13.2. The van der Waals surface area contributed by atoms with Crippen LogP contribution < -0.4 is 10.5 Å². The second kappa shape index (κ2) is 7.18. The highest BCUT2D eigenvalue weighted by Gasteiger charge is 2.07. The maximum Gasteiger partial charge on any atom is 0.123 e. The van der Waals surface area contributed by atoms with Gasteiger partial charge in [-0.15, -0.1) is 0 Å². The molecule has 0 aliphatic rings. The Morgan fingerprint density at radius 2 is 2.00 bits per heavy atom. The van der Waals surface area contributed by atoms with E-state index in [-0.39, 0.29) is 0 Å². The number of rotatable bonds is 6. The van der Waals surface area contributed by atoms with Crippen LogP contribution in [0.4, 0.5) is 0 Å². The maximum absolute atomic E-state index is 5.80. The summed E-state index contributed by atoms with van der Waals surface area (Å²) < 4.78 is 5.80. The second-order valence-electron chi connectivity index (χ2n) is 5.04. The zero-order chi connectivity index (χ0) is 15.2. The topological polar surface area (TPSA) is 48.1 Å². The quantitative estimate of drug-likeness (QED) is 0.824. The summed E-state index contributed by atoms with van der Waals surface area (Å²) in [5.74, 6) is 1.40. The van der Waals surface area contributed by atoms with Gasteiger partial charge in [-0.05, 0) is 36.1 Å². The number of pyridine rings is 1. The first kappa shape index (κ1) is 15.4. The zero-order valence-electron chi connectivity index (χ0n) is 12.4. The molecule has 110 valence electrons. The minimum atomic E-state index is 0.293. The number of benzene rings is 1. The summed E-state index contributed by atoms with van der Waals surface area (Å²) in [5, 5.41) is 0. The summed E-state index contributed by atoms with van der Waals surface area (Å²) >= 11 is 5.00. The Balaban J connectivity index is 2.05. The molecule has 2 N–H and O–H groups in total. The van der Waals surface area contributed by atoms with E-state index in [9.17, 15) is 0 Å². The molecule has 3 nitrogen and oxygen atoms in total. The van der Waals surface area contributed by atoms with Crippen molar-refractivity contribution in [3.8, 4) is 5.75 Å². The Morgan fingerprint density at radius 3 is 2.62 bits per heavy atom. The van der Waals surface area contributed by atoms with Gasteiger partial charge in [0, 0.05) is 11.8 Å². The van der Waals surface area contributed by atoms with E-state index in [1.54, 1.807) is 6.20 Å². The van der Waals surface area contributed by atoms with E-state index in [1.807, 2.05) is 24.3 Å². The molecule has 1 aromatic heterocycles. The highest BCUT2D eigenvalue weighted by molar-refractivity contribution is 7.80. The van der Waals surface area contributed by atoms with Crippen molar-refractivity contribution >= 4 is 17.2 Å². The van der Waals surface area contributed by atoms with Crippen LogP contribution in [0.3, 0.4) is 0 Å². The molecule has 1 unspecified atom stereocenters. The molecular formula is C17H20N2OS. The molecular weight excluding hydrogens is 280 g/mol. The Bertz CT molecular complexity index is 610. The molecule has 0 spiro atoms. The number of ether oxygens (including phenoxy) is 1. The highest BCUT2D eigenvalue weighted by Crippen LogP contribution is 2.22. The molecule has 2 aromatic rings. The van der Waals surface area contributed by atoms with Gasteiger partial charge in [0.2, 0.25) is 0 Å². The minimum absolute atomic E-state index is 0.293. The van der Waals surface area contributed by atoms with Crippen molar-refractivity contribution in [3.05, 3.63) is 59.4 Å². The largest absolute Gasteiger partial charge is 0.489 e. The van der Waals surface area contributed by atoms with Crippen molar-refractivity contribution in [2.24, 2.45) is 5.73 Å². The van der Waals surface area contributed by atoms with Crippen LogP contribution >= 0.6 is 12.2 Å². The van der Waals surface area contributed by atoms with Crippen LogP contribution in [-0.4, -0.2) is 9.97 Å². The fourth-order valence-electron chi connectivity index (χ4n) is 2.07. The minimum Gasteiger partial charge on any atom is -0.489 e. The Morgan fingerprint density at radius 1 is 1.29 bits per heavy atom. The van der Waals surface area contributed by atoms with Gasteiger partial charge in [0.05, 0.1) is 0 Å². The molecule has 1 aromatic carbocycles. The van der Waals surface area contributed by atoms with Gasteiger partial charge in [-0.3, -0.25) is 4.98 Å². The number of nitrogens with zero attached hydrogens (tertiary/aromatic N) is 1. The summed E-state index contributed by atoms with van der Waals surface area (Å²) in [6.45, 7) is 4.82. The molecule has 0 saturated heterocycles. The van der Waals surface area contributed by atoms with Crippen LogP contribution in [0.15, 0.2) is 42.6 Å². The predicted molar refractivity (Wildman–Crippen MR) is 89.6 cm³/mol. The van der Waals surface area contributed by atoms with Crippen molar-refractivity contribution < 1.29 is 4.74 Å². The Kier molecular flexibility index (Phi) is 5.28. The monoisotopic (exact) mass is 300 g/mol. The number of hydrogen-bond acceptors (Lipinski definition) is 3. The molecule has 0 saturated carbocycles. The van der Waals surface area contributed by atoms with E-state index in [2.05, 4.69) is 31.0 Å². The van der Waals surface area contributed by atoms with Crippen molar-refractivity contribution in [2.45, 2.75) is 32.8 Å². The average Bonchev–Trinajstić information content (AvgIpc) is 2.52. The summed E-state index contributed by atoms with van der Waals surface area (Å²) in [4.78, 5) is 4.49. The number of aromatic nitrogens is 1. The number of nitrogens with two attached hydrogens (primary N) is 1. The third-order valence-electron chi connectivity index (χ3n) is 3.58. The normalized spacial score (nSPS) is 11.9. The van der Waals surface area contributed by atoms with Crippen molar-refractivity contribution in [1.29, 1.82) is 0 Å². The summed E-state index contributed by atoms with van der Waals surface area (Å²) in [7, 11) is 0. The lowest BCUT2D eigenvalue weighted by molar-refractivity contribution is 0.305. The highest BCUT2D eigenvalue weighted by atomic mass is 32.1. The van der Waals surface area contributed by atoms with Gasteiger partial charge in [0.25, 0.3) is 0 Å². The van der Waals surface area contributed by atoms with Gasteiger partial charge in [0.15, 0.2) is 0 Å². The molecule has 0 amide bonds. The SMILES string of the molecule is CCC(C)c1ccc(OCc2cccnc2C(N)=S)cc1. The van der Waals surface area contributed by atoms with Crippen LogP contribution in [-0.2, 0) is 6.61 Å². The van der Waals surface area contributed by atoms with Crippen LogP contribution in [0.2, 0.25) is 0 Å². The summed E-state index contributed by atoms with van der Waals surface area (Å²) in [5.41, 5.74) is 8.52. The fourth-order valence-corrected chi connectivity index (χ4v) is 2.25. The van der Waals surface area contributed by atoms with Gasteiger partial charge in [-0.25, -0.2) is 0 Å². The molecule has 0 radical (unpaired) electrons. The van der Waals surface area contributed by atoms with Gasteiger partial charge in [0.1, 0.15) is 23.0 Å². The Labute approximate surface area is 131 Å². The molecule has 4 heteroatoms. The first-order chi connectivity index (χ1) is 10.1. The number of hydrogen-bond donors (Lipinski definition) is 1. The van der Waals surface area contributed by atoms with E-state index in [1.165, 1.54) is 5.56 Å². The smallest absolute Gasteiger partial charge is 0.123 e. The first-order valence-corrected chi connectivity index (χ1v) is 7.49. The van der Waals surface area contributed by atoms with E-state index in [0.29, 0.717) is 23.2 Å². The van der Waals surface area contributed by atoms with Crippen LogP contribution in [0.5, 0.6) is 5.75 Å². The van der Waals surface area contributed by atoms with Crippen LogP contribution in [0.25, 0.3) is 0 Å². The lowest BCUT2D eigenvalue weighted by atomic mass is 9.99.